The standard InChI is InChI=1S/C17H15ClN2O2/c1-3-16(21)19-13-6-4-11(8-10(13)2)17-20-14-9-12(18)5-7-15(14)22-17/h4-9H,3H2,1-2H3,(H,19,21). The summed E-state index contributed by atoms with van der Waals surface area (Å²) in [6, 6.07) is 11.0. The molecule has 3 rings (SSSR count). The number of aryl methyl sites for hydroxylation is 1. The molecule has 0 atom stereocenters. The molecule has 0 aliphatic heterocycles. The summed E-state index contributed by atoms with van der Waals surface area (Å²) in [5.74, 6) is 0.529. The first-order valence-corrected chi connectivity index (χ1v) is 7.41. The fourth-order valence-electron chi connectivity index (χ4n) is 2.20. The van der Waals surface area contributed by atoms with E-state index >= 15 is 0 Å². The lowest BCUT2D eigenvalue weighted by atomic mass is 10.1. The van der Waals surface area contributed by atoms with Crippen molar-refractivity contribution in [2.75, 3.05) is 5.32 Å². The van der Waals surface area contributed by atoms with E-state index in [0.29, 0.717) is 22.9 Å². The van der Waals surface area contributed by atoms with Gasteiger partial charge in [-0.3, -0.25) is 4.79 Å². The number of halogens is 1. The Morgan fingerprint density at radius 3 is 2.82 bits per heavy atom. The van der Waals surface area contributed by atoms with Gasteiger partial charge in [0.05, 0.1) is 0 Å². The topological polar surface area (TPSA) is 55.1 Å². The lowest BCUT2D eigenvalue weighted by Gasteiger charge is -2.08. The largest absolute Gasteiger partial charge is 0.436 e. The minimum atomic E-state index is -0.00708. The molecule has 0 saturated heterocycles. The SMILES string of the molecule is CCC(=O)Nc1ccc(-c2nc3cc(Cl)ccc3o2)cc1C. The third-order valence-electron chi connectivity index (χ3n) is 3.42. The zero-order valence-electron chi connectivity index (χ0n) is 12.3. The van der Waals surface area contributed by atoms with Crippen LogP contribution in [0.15, 0.2) is 40.8 Å². The molecule has 4 nitrogen and oxygen atoms in total. The average molecular weight is 315 g/mol. The lowest BCUT2D eigenvalue weighted by Crippen LogP contribution is -2.10. The number of benzene rings is 2. The van der Waals surface area contributed by atoms with Gasteiger partial charge in [-0.2, -0.15) is 0 Å². The van der Waals surface area contributed by atoms with E-state index in [-0.39, 0.29) is 5.91 Å². The summed E-state index contributed by atoms with van der Waals surface area (Å²) in [4.78, 5) is 15.9. The molecule has 0 unspecified atom stereocenters. The van der Waals surface area contributed by atoms with Gasteiger partial charge in [-0.1, -0.05) is 18.5 Å². The molecule has 1 amide bonds. The van der Waals surface area contributed by atoms with Crippen molar-refractivity contribution in [2.45, 2.75) is 20.3 Å². The summed E-state index contributed by atoms with van der Waals surface area (Å²) in [6.45, 7) is 3.76. The summed E-state index contributed by atoms with van der Waals surface area (Å²) < 4.78 is 5.75. The molecule has 2 aromatic carbocycles. The van der Waals surface area contributed by atoms with Crippen molar-refractivity contribution in [3.05, 3.63) is 47.0 Å². The molecule has 0 spiro atoms. The molecule has 1 heterocycles. The van der Waals surface area contributed by atoms with Crippen LogP contribution in [-0.4, -0.2) is 10.9 Å². The zero-order chi connectivity index (χ0) is 15.7. The fourth-order valence-corrected chi connectivity index (χ4v) is 2.37. The molecule has 1 N–H and O–H groups in total. The number of nitrogens with zero attached hydrogens (tertiary/aromatic N) is 1. The van der Waals surface area contributed by atoms with Crippen LogP contribution in [0.4, 0.5) is 5.69 Å². The van der Waals surface area contributed by atoms with Crippen molar-refractivity contribution in [3.8, 4) is 11.5 Å². The highest BCUT2D eigenvalue weighted by atomic mass is 35.5. The van der Waals surface area contributed by atoms with Gasteiger partial charge in [-0.05, 0) is 48.9 Å². The maximum absolute atomic E-state index is 11.5. The van der Waals surface area contributed by atoms with E-state index in [1.165, 1.54) is 0 Å². The number of nitrogens with one attached hydrogen (secondary N) is 1. The summed E-state index contributed by atoms with van der Waals surface area (Å²) in [5.41, 5.74) is 4.04. The van der Waals surface area contributed by atoms with E-state index in [1.54, 1.807) is 18.2 Å². The minimum Gasteiger partial charge on any atom is -0.436 e. The molecular formula is C17H15ClN2O2. The average Bonchev–Trinajstić information content (AvgIpc) is 2.92. The first-order valence-electron chi connectivity index (χ1n) is 7.04. The monoisotopic (exact) mass is 314 g/mol. The van der Waals surface area contributed by atoms with Crippen LogP contribution in [0.3, 0.4) is 0 Å². The van der Waals surface area contributed by atoms with E-state index in [2.05, 4.69) is 10.3 Å². The number of hydrogen-bond donors (Lipinski definition) is 1. The van der Waals surface area contributed by atoms with Crippen molar-refractivity contribution >= 4 is 34.3 Å². The molecule has 0 bridgehead atoms. The van der Waals surface area contributed by atoms with E-state index < -0.39 is 0 Å². The molecule has 0 radical (unpaired) electrons. The number of carbonyl (C=O) groups excluding carboxylic acids is 1. The van der Waals surface area contributed by atoms with Crippen LogP contribution in [0.1, 0.15) is 18.9 Å². The fraction of sp³-hybridized carbons (Fsp3) is 0.176. The van der Waals surface area contributed by atoms with Gasteiger partial charge in [0, 0.05) is 22.7 Å². The van der Waals surface area contributed by atoms with Crippen LogP contribution in [0.25, 0.3) is 22.6 Å². The summed E-state index contributed by atoms with van der Waals surface area (Å²) >= 11 is 5.96. The Hall–Kier alpha value is -2.33. The van der Waals surface area contributed by atoms with Gasteiger partial charge in [-0.25, -0.2) is 4.98 Å². The molecule has 3 aromatic rings. The van der Waals surface area contributed by atoms with Crippen LogP contribution in [0.5, 0.6) is 0 Å². The highest BCUT2D eigenvalue weighted by molar-refractivity contribution is 6.31. The minimum absolute atomic E-state index is 0.00708. The first kappa shape index (κ1) is 14.6. The molecule has 0 aliphatic carbocycles. The van der Waals surface area contributed by atoms with Gasteiger partial charge >= 0.3 is 0 Å². The number of fused-ring (bicyclic) bond motifs is 1. The first-order chi connectivity index (χ1) is 10.6. The number of amides is 1. The Kier molecular flexibility index (Phi) is 3.86. The van der Waals surface area contributed by atoms with Crippen molar-refractivity contribution in [1.82, 2.24) is 4.98 Å². The predicted octanol–water partition coefficient (Wildman–Crippen LogP) is 4.81. The van der Waals surface area contributed by atoms with E-state index in [1.807, 2.05) is 32.0 Å². The Labute approximate surface area is 133 Å². The smallest absolute Gasteiger partial charge is 0.227 e. The molecule has 0 aliphatic rings. The zero-order valence-corrected chi connectivity index (χ0v) is 13.1. The molecule has 1 aromatic heterocycles. The summed E-state index contributed by atoms with van der Waals surface area (Å²) in [5, 5.41) is 3.49. The van der Waals surface area contributed by atoms with Crippen molar-refractivity contribution in [3.63, 3.8) is 0 Å². The quantitative estimate of drug-likeness (QED) is 0.755. The van der Waals surface area contributed by atoms with Crippen LogP contribution in [0, 0.1) is 6.92 Å². The van der Waals surface area contributed by atoms with Crippen LogP contribution in [-0.2, 0) is 4.79 Å². The summed E-state index contributed by atoms with van der Waals surface area (Å²) in [7, 11) is 0. The number of carbonyl (C=O) groups is 1. The van der Waals surface area contributed by atoms with Crippen molar-refractivity contribution in [2.24, 2.45) is 0 Å². The Morgan fingerprint density at radius 1 is 1.27 bits per heavy atom. The molecular weight excluding hydrogens is 300 g/mol. The van der Waals surface area contributed by atoms with Crippen LogP contribution in [0.2, 0.25) is 5.02 Å². The number of oxazole rings is 1. The number of hydrogen-bond acceptors (Lipinski definition) is 3. The second-order valence-electron chi connectivity index (χ2n) is 5.06. The van der Waals surface area contributed by atoms with Gasteiger partial charge in [0.15, 0.2) is 5.58 Å². The molecule has 5 heteroatoms. The van der Waals surface area contributed by atoms with Gasteiger partial charge in [0.1, 0.15) is 5.52 Å². The van der Waals surface area contributed by atoms with Gasteiger partial charge in [0.2, 0.25) is 11.8 Å². The highest BCUT2D eigenvalue weighted by Crippen LogP contribution is 2.28. The van der Waals surface area contributed by atoms with Gasteiger partial charge < -0.3 is 9.73 Å². The van der Waals surface area contributed by atoms with Gasteiger partial charge in [0.25, 0.3) is 0 Å². The second-order valence-corrected chi connectivity index (χ2v) is 5.50. The Bertz CT molecular complexity index is 855. The molecule has 112 valence electrons. The summed E-state index contributed by atoms with van der Waals surface area (Å²) in [6.07, 6.45) is 0.451. The third-order valence-corrected chi connectivity index (χ3v) is 3.65. The lowest BCUT2D eigenvalue weighted by molar-refractivity contribution is -0.115. The van der Waals surface area contributed by atoms with E-state index in [4.69, 9.17) is 16.0 Å². The van der Waals surface area contributed by atoms with Crippen molar-refractivity contribution in [1.29, 1.82) is 0 Å². The molecule has 0 saturated carbocycles. The molecule has 22 heavy (non-hydrogen) atoms. The number of rotatable bonds is 3. The highest BCUT2D eigenvalue weighted by Gasteiger charge is 2.10. The Morgan fingerprint density at radius 2 is 2.09 bits per heavy atom. The molecule has 0 fully saturated rings. The van der Waals surface area contributed by atoms with E-state index in [9.17, 15) is 4.79 Å². The number of aromatic nitrogens is 1. The van der Waals surface area contributed by atoms with E-state index in [0.717, 1.165) is 22.3 Å². The maximum atomic E-state index is 11.5. The van der Waals surface area contributed by atoms with Crippen molar-refractivity contribution < 1.29 is 9.21 Å². The third kappa shape index (κ3) is 2.83. The maximum Gasteiger partial charge on any atom is 0.227 e. The normalized spacial score (nSPS) is 10.9. The predicted molar refractivity (Wildman–Crippen MR) is 88.1 cm³/mol. The van der Waals surface area contributed by atoms with Gasteiger partial charge in [-0.15, -0.1) is 0 Å². The number of anilines is 1. The van der Waals surface area contributed by atoms with Crippen LogP contribution < -0.4 is 5.32 Å². The second kappa shape index (κ2) is 5.81. The van der Waals surface area contributed by atoms with Crippen LogP contribution >= 0.6 is 11.6 Å². The Balaban J connectivity index is 1.96.